The van der Waals surface area contributed by atoms with E-state index in [4.69, 9.17) is 4.98 Å². The van der Waals surface area contributed by atoms with Gasteiger partial charge in [0.1, 0.15) is 0 Å². The van der Waals surface area contributed by atoms with E-state index >= 15 is 0 Å². The van der Waals surface area contributed by atoms with Gasteiger partial charge < -0.3 is 10.2 Å². The van der Waals surface area contributed by atoms with Gasteiger partial charge >= 0.3 is 0 Å². The van der Waals surface area contributed by atoms with Gasteiger partial charge in [0.05, 0.1) is 11.3 Å². The van der Waals surface area contributed by atoms with Crippen molar-refractivity contribution in [2.75, 3.05) is 39.3 Å². The van der Waals surface area contributed by atoms with Crippen LogP contribution in [0.15, 0.2) is 6.07 Å². The molecule has 0 aliphatic carbocycles. The van der Waals surface area contributed by atoms with Crippen LogP contribution in [-0.4, -0.2) is 60.0 Å². The van der Waals surface area contributed by atoms with Gasteiger partial charge in [-0.05, 0) is 25.1 Å². The smallest absolute Gasteiger partial charge is 0.255 e. The van der Waals surface area contributed by atoms with E-state index in [2.05, 4.69) is 23.2 Å². The monoisotopic (exact) mass is 288 g/mol. The minimum atomic E-state index is 0.137. The Kier molecular flexibility index (Phi) is 4.22. The molecule has 0 aromatic carbocycles. The molecular weight excluding hydrogens is 264 g/mol. The van der Waals surface area contributed by atoms with Crippen LogP contribution in [0, 0.1) is 6.92 Å². The minimum Gasteiger partial charge on any atom is -0.336 e. The molecule has 2 aliphatic heterocycles. The predicted octanol–water partition coefficient (Wildman–Crippen LogP) is 0.813. The van der Waals surface area contributed by atoms with Gasteiger partial charge in [0.15, 0.2) is 0 Å². The van der Waals surface area contributed by atoms with Crippen molar-refractivity contribution >= 4 is 5.91 Å². The molecule has 0 radical (unpaired) electrons. The summed E-state index contributed by atoms with van der Waals surface area (Å²) in [5.41, 5.74) is 4.07. The standard InChI is InChI=1S/C16H24N4O/c1-3-19-7-4-15-13(11-19)10-14(12(2)18-15)16(21)20-8-5-17-6-9-20/h10,17H,3-9,11H2,1-2H3. The number of amides is 1. The maximum Gasteiger partial charge on any atom is 0.255 e. The molecule has 0 spiro atoms. The zero-order valence-electron chi connectivity index (χ0n) is 13.0. The highest BCUT2D eigenvalue weighted by atomic mass is 16.2. The molecule has 5 nitrogen and oxygen atoms in total. The third-order valence-corrected chi connectivity index (χ3v) is 4.52. The Morgan fingerprint density at radius 1 is 1.33 bits per heavy atom. The number of rotatable bonds is 2. The van der Waals surface area contributed by atoms with Gasteiger partial charge in [0.2, 0.25) is 0 Å². The molecule has 5 heteroatoms. The van der Waals surface area contributed by atoms with Gasteiger partial charge in [-0.2, -0.15) is 0 Å². The van der Waals surface area contributed by atoms with Crippen molar-refractivity contribution in [2.24, 2.45) is 0 Å². The average Bonchev–Trinajstić information content (AvgIpc) is 2.54. The van der Waals surface area contributed by atoms with Crippen molar-refractivity contribution in [1.29, 1.82) is 0 Å². The molecule has 1 aromatic rings. The fraction of sp³-hybridized carbons (Fsp3) is 0.625. The van der Waals surface area contributed by atoms with Crippen LogP contribution in [0.25, 0.3) is 0 Å². The molecule has 21 heavy (non-hydrogen) atoms. The van der Waals surface area contributed by atoms with Crippen LogP contribution in [0.3, 0.4) is 0 Å². The number of hydrogen-bond acceptors (Lipinski definition) is 4. The normalized spacial score (nSPS) is 19.4. The van der Waals surface area contributed by atoms with Crippen molar-refractivity contribution in [2.45, 2.75) is 26.8 Å². The number of nitrogens with zero attached hydrogens (tertiary/aromatic N) is 3. The molecule has 114 valence electrons. The molecule has 0 unspecified atom stereocenters. The number of hydrogen-bond donors (Lipinski definition) is 1. The number of likely N-dealkylation sites (N-methyl/N-ethyl adjacent to an activating group) is 1. The maximum atomic E-state index is 12.7. The first kappa shape index (κ1) is 14.5. The highest BCUT2D eigenvalue weighted by Gasteiger charge is 2.23. The second-order valence-electron chi connectivity index (χ2n) is 5.89. The third kappa shape index (κ3) is 2.94. The van der Waals surface area contributed by atoms with Crippen LogP contribution in [0.5, 0.6) is 0 Å². The zero-order chi connectivity index (χ0) is 14.8. The van der Waals surface area contributed by atoms with E-state index in [1.807, 2.05) is 11.8 Å². The molecule has 0 atom stereocenters. The van der Waals surface area contributed by atoms with E-state index < -0.39 is 0 Å². The summed E-state index contributed by atoms with van der Waals surface area (Å²) in [7, 11) is 0. The Labute approximate surface area is 126 Å². The molecule has 2 aliphatic rings. The van der Waals surface area contributed by atoms with Crippen LogP contribution >= 0.6 is 0 Å². The summed E-state index contributed by atoms with van der Waals surface area (Å²) < 4.78 is 0. The second-order valence-corrected chi connectivity index (χ2v) is 5.89. The van der Waals surface area contributed by atoms with Gasteiger partial charge in [-0.25, -0.2) is 0 Å². The van der Waals surface area contributed by atoms with Gasteiger partial charge in [-0.1, -0.05) is 6.92 Å². The number of carbonyl (C=O) groups is 1. The second kappa shape index (κ2) is 6.12. The number of aromatic nitrogens is 1. The Hall–Kier alpha value is -1.46. The van der Waals surface area contributed by atoms with E-state index in [-0.39, 0.29) is 5.91 Å². The highest BCUT2D eigenvalue weighted by Crippen LogP contribution is 2.21. The summed E-state index contributed by atoms with van der Waals surface area (Å²) in [5.74, 6) is 0.137. The SMILES string of the molecule is CCN1CCc2nc(C)c(C(=O)N3CCNCC3)cc2C1. The van der Waals surface area contributed by atoms with Crippen LogP contribution in [0.2, 0.25) is 0 Å². The van der Waals surface area contributed by atoms with E-state index in [9.17, 15) is 4.79 Å². The van der Waals surface area contributed by atoms with Crippen molar-refractivity contribution in [1.82, 2.24) is 20.1 Å². The zero-order valence-corrected chi connectivity index (χ0v) is 13.0. The van der Waals surface area contributed by atoms with Crippen LogP contribution < -0.4 is 5.32 Å². The summed E-state index contributed by atoms with van der Waals surface area (Å²) >= 11 is 0. The summed E-state index contributed by atoms with van der Waals surface area (Å²) in [4.78, 5) is 21.7. The number of nitrogens with one attached hydrogen (secondary N) is 1. The number of piperazine rings is 1. The molecule has 1 aromatic heterocycles. The van der Waals surface area contributed by atoms with Crippen LogP contribution in [0.4, 0.5) is 0 Å². The topological polar surface area (TPSA) is 48.5 Å². The number of aryl methyl sites for hydroxylation is 1. The average molecular weight is 288 g/mol. The quantitative estimate of drug-likeness (QED) is 0.875. The van der Waals surface area contributed by atoms with Crippen LogP contribution in [-0.2, 0) is 13.0 Å². The molecular formula is C16H24N4O. The Bertz CT molecular complexity index is 537. The van der Waals surface area contributed by atoms with Crippen molar-refractivity contribution in [3.63, 3.8) is 0 Å². The first-order chi connectivity index (χ1) is 10.2. The third-order valence-electron chi connectivity index (χ3n) is 4.52. The first-order valence-electron chi connectivity index (χ1n) is 7.90. The van der Waals surface area contributed by atoms with Crippen molar-refractivity contribution < 1.29 is 4.79 Å². The van der Waals surface area contributed by atoms with Gasteiger partial charge in [0.25, 0.3) is 5.91 Å². The molecule has 1 saturated heterocycles. The molecule has 3 heterocycles. The van der Waals surface area contributed by atoms with E-state index in [1.54, 1.807) is 0 Å². The number of pyridine rings is 1. The molecule has 3 rings (SSSR count). The van der Waals surface area contributed by atoms with Gasteiger partial charge in [-0.15, -0.1) is 0 Å². The van der Waals surface area contributed by atoms with Crippen molar-refractivity contribution in [3.05, 3.63) is 28.6 Å². The predicted molar refractivity (Wildman–Crippen MR) is 82.4 cm³/mol. The van der Waals surface area contributed by atoms with E-state index in [0.717, 1.165) is 63.5 Å². The molecule has 1 amide bonds. The van der Waals surface area contributed by atoms with Crippen molar-refractivity contribution in [3.8, 4) is 0 Å². The Morgan fingerprint density at radius 3 is 2.81 bits per heavy atom. The maximum absolute atomic E-state index is 12.7. The van der Waals surface area contributed by atoms with Gasteiger partial charge in [-0.3, -0.25) is 14.7 Å². The first-order valence-corrected chi connectivity index (χ1v) is 7.90. The van der Waals surface area contributed by atoms with Crippen LogP contribution in [0.1, 0.15) is 34.2 Å². The molecule has 1 fully saturated rings. The van der Waals surface area contributed by atoms with Gasteiger partial charge in [0, 0.05) is 51.4 Å². The minimum absolute atomic E-state index is 0.137. The summed E-state index contributed by atoms with van der Waals surface area (Å²) in [6, 6.07) is 2.09. The highest BCUT2D eigenvalue weighted by molar-refractivity contribution is 5.95. The van der Waals surface area contributed by atoms with E-state index in [1.165, 1.54) is 11.3 Å². The van der Waals surface area contributed by atoms with E-state index in [0.29, 0.717) is 0 Å². The summed E-state index contributed by atoms with van der Waals surface area (Å²) in [6.07, 6.45) is 0.992. The fourth-order valence-corrected chi connectivity index (χ4v) is 3.16. The summed E-state index contributed by atoms with van der Waals surface area (Å²) in [6.45, 7) is 10.5. The summed E-state index contributed by atoms with van der Waals surface area (Å²) in [5, 5.41) is 3.28. The Balaban J connectivity index is 1.86. The lowest BCUT2D eigenvalue weighted by molar-refractivity contribution is 0.0734. The molecule has 0 bridgehead atoms. The lowest BCUT2D eigenvalue weighted by atomic mass is 10.0. The number of fused-ring (bicyclic) bond motifs is 1. The molecule has 0 saturated carbocycles. The number of carbonyl (C=O) groups excluding carboxylic acids is 1. The fourth-order valence-electron chi connectivity index (χ4n) is 3.16. The largest absolute Gasteiger partial charge is 0.336 e. The lowest BCUT2D eigenvalue weighted by Gasteiger charge is -2.30. The Morgan fingerprint density at radius 2 is 2.10 bits per heavy atom. The molecule has 1 N–H and O–H groups in total. The lowest BCUT2D eigenvalue weighted by Crippen LogP contribution is -2.46.